The number of hydrogen-bond acceptors (Lipinski definition) is 3. The number of carboxylic acid groups (broad SMARTS) is 1. The Balaban J connectivity index is 2.65. The molecule has 0 aliphatic rings. The largest absolute Gasteiger partial charge is 0.496 e. The van der Waals surface area contributed by atoms with Crippen LogP contribution in [0.25, 0.3) is 11.3 Å². The van der Waals surface area contributed by atoms with Crippen LogP contribution >= 0.6 is 0 Å². The van der Waals surface area contributed by atoms with Crippen LogP contribution in [0.1, 0.15) is 21.6 Å². The fraction of sp³-hybridized carbons (Fsp3) is 0.286. The number of ether oxygens (including phenoxy) is 1. The van der Waals surface area contributed by atoms with Crippen LogP contribution in [0.15, 0.2) is 18.2 Å². The molecule has 0 fully saturated rings. The van der Waals surface area contributed by atoms with Crippen LogP contribution in [-0.2, 0) is 7.05 Å². The van der Waals surface area contributed by atoms with Gasteiger partial charge in [0.15, 0.2) is 0 Å². The Morgan fingerprint density at radius 2 is 2.05 bits per heavy atom. The molecule has 0 aliphatic heterocycles. The van der Waals surface area contributed by atoms with Gasteiger partial charge in [0.1, 0.15) is 11.3 Å². The van der Waals surface area contributed by atoms with Gasteiger partial charge in [-0.15, -0.1) is 0 Å². The Morgan fingerprint density at radius 3 is 2.58 bits per heavy atom. The summed E-state index contributed by atoms with van der Waals surface area (Å²) in [6.45, 7) is 3.62. The van der Waals surface area contributed by atoms with Crippen molar-refractivity contribution < 1.29 is 14.6 Å². The van der Waals surface area contributed by atoms with Crippen molar-refractivity contribution in [2.45, 2.75) is 13.8 Å². The number of nitrogens with zero attached hydrogens (tertiary/aromatic N) is 2. The van der Waals surface area contributed by atoms with E-state index < -0.39 is 5.97 Å². The monoisotopic (exact) mass is 260 g/mol. The first-order valence-electron chi connectivity index (χ1n) is 5.87. The van der Waals surface area contributed by atoms with E-state index in [4.69, 9.17) is 4.74 Å². The summed E-state index contributed by atoms with van der Waals surface area (Å²) in [5, 5.41) is 13.5. The molecule has 0 saturated heterocycles. The number of benzene rings is 1. The first kappa shape index (κ1) is 13.1. The molecule has 100 valence electrons. The predicted molar refractivity (Wildman–Crippen MR) is 71.6 cm³/mol. The van der Waals surface area contributed by atoms with Gasteiger partial charge in [0.25, 0.3) is 0 Å². The van der Waals surface area contributed by atoms with Gasteiger partial charge in [-0.2, -0.15) is 5.10 Å². The van der Waals surface area contributed by atoms with Gasteiger partial charge >= 0.3 is 5.97 Å². The molecular formula is C14H16N2O3. The van der Waals surface area contributed by atoms with Gasteiger partial charge in [0, 0.05) is 12.6 Å². The molecule has 1 N–H and O–H groups in total. The molecule has 0 radical (unpaired) electrons. The quantitative estimate of drug-likeness (QED) is 0.920. The topological polar surface area (TPSA) is 64.3 Å². The van der Waals surface area contributed by atoms with E-state index in [1.807, 2.05) is 25.1 Å². The second-order valence-corrected chi connectivity index (χ2v) is 4.42. The summed E-state index contributed by atoms with van der Waals surface area (Å²) in [6.07, 6.45) is 0. The average molecular weight is 260 g/mol. The minimum Gasteiger partial charge on any atom is -0.496 e. The third kappa shape index (κ3) is 2.19. The fourth-order valence-electron chi connectivity index (χ4n) is 2.27. The van der Waals surface area contributed by atoms with E-state index in [1.54, 1.807) is 25.8 Å². The van der Waals surface area contributed by atoms with Crippen LogP contribution < -0.4 is 4.74 Å². The lowest BCUT2D eigenvalue weighted by Crippen LogP contribution is -2.02. The molecule has 0 bridgehead atoms. The highest BCUT2D eigenvalue weighted by molar-refractivity contribution is 5.96. The highest BCUT2D eigenvalue weighted by Crippen LogP contribution is 2.29. The second-order valence-electron chi connectivity index (χ2n) is 4.42. The van der Waals surface area contributed by atoms with Gasteiger partial charge < -0.3 is 9.84 Å². The molecule has 2 rings (SSSR count). The first-order valence-corrected chi connectivity index (χ1v) is 5.87. The maximum Gasteiger partial charge on any atom is 0.339 e. The highest BCUT2D eigenvalue weighted by atomic mass is 16.5. The summed E-state index contributed by atoms with van der Waals surface area (Å²) in [5.74, 6) is -0.186. The zero-order chi connectivity index (χ0) is 14.2. The van der Waals surface area contributed by atoms with Crippen molar-refractivity contribution in [3.63, 3.8) is 0 Å². The predicted octanol–water partition coefficient (Wildman–Crippen LogP) is 2.41. The van der Waals surface area contributed by atoms with Gasteiger partial charge in [0.2, 0.25) is 0 Å². The van der Waals surface area contributed by atoms with Crippen molar-refractivity contribution in [1.29, 1.82) is 0 Å². The van der Waals surface area contributed by atoms with Crippen LogP contribution in [0.4, 0.5) is 0 Å². The zero-order valence-electron chi connectivity index (χ0n) is 11.4. The van der Waals surface area contributed by atoms with Crippen molar-refractivity contribution in [2.24, 2.45) is 7.05 Å². The third-order valence-electron chi connectivity index (χ3n) is 3.10. The van der Waals surface area contributed by atoms with Gasteiger partial charge in [-0.25, -0.2) is 4.79 Å². The van der Waals surface area contributed by atoms with Crippen molar-refractivity contribution in [3.8, 4) is 17.0 Å². The maximum atomic E-state index is 11.4. The maximum absolute atomic E-state index is 11.4. The van der Waals surface area contributed by atoms with Crippen molar-refractivity contribution >= 4 is 5.97 Å². The summed E-state index contributed by atoms with van der Waals surface area (Å²) >= 11 is 0. The molecule has 0 atom stereocenters. The Kier molecular flexibility index (Phi) is 3.29. The first-order chi connectivity index (χ1) is 8.95. The second kappa shape index (κ2) is 4.76. The number of aromatic carboxylic acids is 1. The molecule has 2 aromatic rings. The van der Waals surface area contributed by atoms with E-state index in [0.717, 1.165) is 16.9 Å². The summed E-state index contributed by atoms with van der Waals surface area (Å²) in [5.41, 5.74) is 3.13. The normalized spacial score (nSPS) is 10.5. The summed E-state index contributed by atoms with van der Waals surface area (Å²) in [7, 11) is 3.35. The molecule has 0 unspecified atom stereocenters. The molecule has 1 aromatic heterocycles. The highest BCUT2D eigenvalue weighted by Gasteiger charge is 2.21. The molecule has 5 heteroatoms. The smallest absolute Gasteiger partial charge is 0.339 e. The Bertz CT molecular complexity index is 644. The van der Waals surface area contributed by atoms with Crippen LogP contribution in [0.2, 0.25) is 0 Å². The summed E-state index contributed by atoms with van der Waals surface area (Å²) in [6, 6.07) is 5.58. The van der Waals surface area contributed by atoms with Gasteiger partial charge in [-0.3, -0.25) is 4.68 Å². The number of carboxylic acids is 1. The molecule has 0 saturated carbocycles. The number of carbonyl (C=O) groups is 1. The van der Waals surface area contributed by atoms with Crippen molar-refractivity contribution in [3.05, 3.63) is 35.0 Å². The van der Waals surface area contributed by atoms with E-state index in [2.05, 4.69) is 5.10 Å². The third-order valence-corrected chi connectivity index (χ3v) is 3.10. The lowest BCUT2D eigenvalue weighted by Gasteiger charge is -2.08. The SMILES string of the molecule is COc1ccc(-c2c(C(=O)O)c(C)nn2C)cc1C. The standard InChI is InChI=1S/C14H16N2O3/c1-8-7-10(5-6-11(8)19-4)13-12(14(17)18)9(2)15-16(13)3/h5-7H,1-4H3,(H,17,18). The lowest BCUT2D eigenvalue weighted by molar-refractivity contribution is 0.0697. The summed E-state index contributed by atoms with van der Waals surface area (Å²) < 4.78 is 6.81. The van der Waals surface area contributed by atoms with Crippen LogP contribution in [0.5, 0.6) is 5.75 Å². The molecule has 1 aromatic carbocycles. The van der Waals surface area contributed by atoms with Crippen LogP contribution in [0, 0.1) is 13.8 Å². The fourth-order valence-corrected chi connectivity index (χ4v) is 2.27. The molecule has 1 heterocycles. The Hall–Kier alpha value is -2.30. The Morgan fingerprint density at radius 1 is 1.37 bits per heavy atom. The minimum absolute atomic E-state index is 0.243. The number of aromatic nitrogens is 2. The van der Waals surface area contributed by atoms with E-state index in [9.17, 15) is 9.90 Å². The Labute approximate surface area is 111 Å². The van der Waals surface area contributed by atoms with Gasteiger partial charge in [0.05, 0.1) is 18.5 Å². The number of aryl methyl sites for hydroxylation is 3. The molecule has 19 heavy (non-hydrogen) atoms. The van der Waals surface area contributed by atoms with Crippen molar-refractivity contribution in [1.82, 2.24) is 9.78 Å². The molecule has 0 spiro atoms. The molecule has 0 amide bonds. The molecule has 0 aliphatic carbocycles. The zero-order valence-corrected chi connectivity index (χ0v) is 11.4. The number of rotatable bonds is 3. The van der Waals surface area contributed by atoms with Crippen LogP contribution in [-0.4, -0.2) is 28.0 Å². The lowest BCUT2D eigenvalue weighted by atomic mass is 10.0. The van der Waals surface area contributed by atoms with Gasteiger partial charge in [-0.05, 0) is 37.6 Å². The van der Waals surface area contributed by atoms with Crippen LogP contribution in [0.3, 0.4) is 0 Å². The van der Waals surface area contributed by atoms with E-state index in [1.165, 1.54) is 0 Å². The summed E-state index contributed by atoms with van der Waals surface area (Å²) in [4.78, 5) is 11.4. The molecular weight excluding hydrogens is 244 g/mol. The van der Waals surface area contributed by atoms with Gasteiger partial charge in [-0.1, -0.05) is 0 Å². The van der Waals surface area contributed by atoms with E-state index >= 15 is 0 Å². The van der Waals surface area contributed by atoms with E-state index in [-0.39, 0.29) is 5.56 Å². The molecule has 5 nitrogen and oxygen atoms in total. The number of hydrogen-bond donors (Lipinski definition) is 1. The minimum atomic E-state index is -0.964. The average Bonchev–Trinajstić information content (AvgIpc) is 2.64. The van der Waals surface area contributed by atoms with Crippen molar-refractivity contribution in [2.75, 3.05) is 7.11 Å². The number of methoxy groups -OCH3 is 1. The van der Waals surface area contributed by atoms with E-state index in [0.29, 0.717) is 11.4 Å².